The Morgan fingerprint density at radius 1 is 1.50 bits per heavy atom. The zero-order valence-corrected chi connectivity index (χ0v) is 10.0. The van der Waals surface area contributed by atoms with Crippen molar-refractivity contribution < 1.29 is 14.3 Å². The minimum absolute atomic E-state index is 0.268. The number of carbonyl (C=O) groups is 1. The summed E-state index contributed by atoms with van der Waals surface area (Å²) in [5, 5.41) is 0. The maximum Gasteiger partial charge on any atom is 0.275 e. The summed E-state index contributed by atoms with van der Waals surface area (Å²) >= 11 is 1.38. The monoisotopic (exact) mass is 244 g/mol. The third-order valence-corrected chi connectivity index (χ3v) is 2.96. The third-order valence-electron chi connectivity index (χ3n) is 1.90. The van der Waals surface area contributed by atoms with Crippen molar-refractivity contribution in [1.29, 1.82) is 0 Å². The summed E-state index contributed by atoms with van der Waals surface area (Å²) in [6.45, 7) is 1.88. The van der Waals surface area contributed by atoms with Crippen molar-refractivity contribution >= 4 is 17.2 Å². The van der Waals surface area contributed by atoms with E-state index in [4.69, 9.17) is 15.3 Å². The molecule has 0 atom stereocenters. The average Bonchev–Trinajstić information content (AvgIpc) is 2.76. The number of ether oxygens (including phenoxy) is 2. The van der Waals surface area contributed by atoms with Gasteiger partial charge in [0, 0.05) is 25.2 Å². The second-order valence-electron chi connectivity index (χ2n) is 3.14. The quantitative estimate of drug-likeness (QED) is 0.323. The highest BCUT2D eigenvalue weighted by molar-refractivity contribution is 7.14. The minimum atomic E-state index is -0.268. The lowest BCUT2D eigenvalue weighted by Gasteiger charge is -2.01. The summed E-state index contributed by atoms with van der Waals surface area (Å²) in [6.07, 6.45) is 0.873. The van der Waals surface area contributed by atoms with E-state index in [-0.39, 0.29) is 5.91 Å². The van der Waals surface area contributed by atoms with Crippen molar-refractivity contribution in [1.82, 2.24) is 5.43 Å². The molecule has 0 saturated heterocycles. The average molecular weight is 244 g/mol. The number of nitrogens with two attached hydrogens (primary N) is 1. The zero-order valence-electron chi connectivity index (χ0n) is 9.19. The smallest absolute Gasteiger partial charge is 0.275 e. The van der Waals surface area contributed by atoms with Gasteiger partial charge in [-0.3, -0.25) is 10.2 Å². The first-order valence-corrected chi connectivity index (χ1v) is 5.76. The van der Waals surface area contributed by atoms with Gasteiger partial charge in [-0.15, -0.1) is 11.3 Å². The molecule has 1 aromatic heterocycles. The maximum atomic E-state index is 11.2. The van der Waals surface area contributed by atoms with E-state index >= 15 is 0 Å². The van der Waals surface area contributed by atoms with E-state index in [0.29, 0.717) is 24.7 Å². The van der Waals surface area contributed by atoms with Gasteiger partial charge < -0.3 is 9.47 Å². The predicted molar refractivity (Wildman–Crippen MR) is 62.1 cm³/mol. The highest BCUT2D eigenvalue weighted by atomic mass is 32.1. The molecule has 5 nitrogen and oxygen atoms in total. The number of nitrogen functional groups attached to an aromatic ring is 1. The molecule has 0 fully saturated rings. The van der Waals surface area contributed by atoms with Crippen molar-refractivity contribution in [3.8, 4) is 0 Å². The molecule has 1 rings (SSSR count). The fourth-order valence-corrected chi connectivity index (χ4v) is 1.98. The lowest BCUT2D eigenvalue weighted by Crippen LogP contribution is -2.29. The molecule has 16 heavy (non-hydrogen) atoms. The largest absolute Gasteiger partial charge is 0.385 e. The number of thiophene rings is 1. The van der Waals surface area contributed by atoms with Gasteiger partial charge in [0.25, 0.3) is 5.91 Å². The third kappa shape index (κ3) is 4.28. The lowest BCUT2D eigenvalue weighted by atomic mass is 10.4. The predicted octanol–water partition coefficient (Wildman–Crippen LogP) is 0.905. The number of hydrazine groups is 1. The molecular weight excluding hydrogens is 228 g/mol. The van der Waals surface area contributed by atoms with Gasteiger partial charge in [-0.2, -0.15) is 0 Å². The molecule has 1 amide bonds. The van der Waals surface area contributed by atoms with E-state index in [2.05, 4.69) is 5.43 Å². The Labute approximate surface area is 98.5 Å². The first-order chi connectivity index (χ1) is 7.77. The van der Waals surface area contributed by atoms with Crippen molar-refractivity contribution in [3.63, 3.8) is 0 Å². The molecule has 0 spiro atoms. The van der Waals surface area contributed by atoms with E-state index in [1.54, 1.807) is 13.2 Å². The number of nitrogens with one attached hydrogen (secondary N) is 1. The van der Waals surface area contributed by atoms with Gasteiger partial charge in [-0.05, 0) is 18.6 Å². The number of amides is 1. The topological polar surface area (TPSA) is 73.6 Å². The van der Waals surface area contributed by atoms with Crippen LogP contribution in [0.3, 0.4) is 0 Å². The first-order valence-electron chi connectivity index (χ1n) is 4.94. The Morgan fingerprint density at radius 2 is 2.31 bits per heavy atom. The van der Waals surface area contributed by atoms with Gasteiger partial charge in [0.05, 0.1) is 11.5 Å². The number of hydrogen-bond donors (Lipinski definition) is 2. The second-order valence-corrected chi connectivity index (χ2v) is 4.31. The molecule has 1 aromatic rings. The van der Waals surface area contributed by atoms with Crippen molar-refractivity contribution in [2.24, 2.45) is 5.84 Å². The standard InChI is InChI=1S/C10H16N2O3S/c1-14-5-2-6-15-7-8-3-4-9(16-8)10(13)12-11/h3-4H,2,5-7,11H2,1H3,(H,12,13). The van der Waals surface area contributed by atoms with Crippen LogP contribution < -0.4 is 11.3 Å². The fourth-order valence-electron chi connectivity index (χ4n) is 1.13. The van der Waals surface area contributed by atoms with Crippen LogP contribution in [0.5, 0.6) is 0 Å². The summed E-state index contributed by atoms with van der Waals surface area (Å²) < 4.78 is 10.3. The van der Waals surface area contributed by atoms with Gasteiger partial charge in [0.1, 0.15) is 0 Å². The Balaban J connectivity index is 2.27. The van der Waals surface area contributed by atoms with Gasteiger partial charge in [-0.25, -0.2) is 5.84 Å². The van der Waals surface area contributed by atoms with Crippen LogP contribution in [-0.4, -0.2) is 26.2 Å². The SMILES string of the molecule is COCCCOCc1ccc(C(=O)NN)s1. The molecule has 3 N–H and O–H groups in total. The van der Waals surface area contributed by atoms with Crippen LogP contribution >= 0.6 is 11.3 Å². The zero-order chi connectivity index (χ0) is 11.8. The Kier molecular flexibility index (Phi) is 6.02. The molecule has 90 valence electrons. The lowest BCUT2D eigenvalue weighted by molar-refractivity contribution is 0.0943. The summed E-state index contributed by atoms with van der Waals surface area (Å²) in [5.41, 5.74) is 2.09. The molecule has 0 saturated carbocycles. The summed E-state index contributed by atoms with van der Waals surface area (Å²) in [6, 6.07) is 3.60. The number of carbonyl (C=O) groups excluding carboxylic acids is 1. The summed E-state index contributed by atoms with van der Waals surface area (Å²) in [5.74, 6) is 4.76. The van der Waals surface area contributed by atoms with Crippen LogP contribution in [0.1, 0.15) is 21.0 Å². The molecular formula is C10H16N2O3S. The van der Waals surface area contributed by atoms with Crippen molar-refractivity contribution in [2.75, 3.05) is 20.3 Å². The Hall–Kier alpha value is -0.950. The Bertz CT molecular complexity index is 328. The Morgan fingerprint density at radius 3 is 3.00 bits per heavy atom. The fraction of sp³-hybridized carbons (Fsp3) is 0.500. The van der Waals surface area contributed by atoms with Crippen LogP contribution in [0.4, 0.5) is 0 Å². The molecule has 1 heterocycles. The number of hydrogen-bond acceptors (Lipinski definition) is 5. The highest BCUT2D eigenvalue weighted by Crippen LogP contribution is 2.17. The first kappa shape index (κ1) is 13.1. The molecule has 0 aliphatic heterocycles. The van der Waals surface area contributed by atoms with E-state index in [1.165, 1.54) is 11.3 Å². The van der Waals surface area contributed by atoms with Crippen molar-refractivity contribution in [2.45, 2.75) is 13.0 Å². The maximum absolute atomic E-state index is 11.2. The highest BCUT2D eigenvalue weighted by Gasteiger charge is 2.07. The molecule has 0 aliphatic carbocycles. The van der Waals surface area contributed by atoms with Crippen LogP contribution in [0.15, 0.2) is 12.1 Å². The van der Waals surface area contributed by atoms with Crippen LogP contribution in [0.2, 0.25) is 0 Å². The van der Waals surface area contributed by atoms with Crippen LogP contribution in [0, 0.1) is 0 Å². The molecule has 0 aliphatic rings. The van der Waals surface area contributed by atoms with E-state index in [9.17, 15) is 4.79 Å². The van der Waals surface area contributed by atoms with Crippen LogP contribution in [0.25, 0.3) is 0 Å². The normalized spacial score (nSPS) is 10.4. The summed E-state index contributed by atoms with van der Waals surface area (Å²) in [4.78, 5) is 12.8. The molecule has 0 unspecified atom stereocenters. The van der Waals surface area contributed by atoms with Gasteiger partial charge >= 0.3 is 0 Å². The van der Waals surface area contributed by atoms with E-state index < -0.39 is 0 Å². The minimum Gasteiger partial charge on any atom is -0.385 e. The van der Waals surface area contributed by atoms with Gasteiger partial charge in [-0.1, -0.05) is 0 Å². The molecule has 6 heteroatoms. The second kappa shape index (κ2) is 7.34. The number of methoxy groups -OCH3 is 1. The van der Waals surface area contributed by atoms with E-state index in [0.717, 1.165) is 11.3 Å². The van der Waals surface area contributed by atoms with Gasteiger partial charge in [0.2, 0.25) is 0 Å². The molecule has 0 radical (unpaired) electrons. The van der Waals surface area contributed by atoms with Gasteiger partial charge in [0.15, 0.2) is 0 Å². The molecule has 0 aromatic carbocycles. The van der Waals surface area contributed by atoms with Crippen molar-refractivity contribution in [3.05, 3.63) is 21.9 Å². The molecule has 0 bridgehead atoms. The number of rotatable bonds is 7. The summed E-state index contributed by atoms with van der Waals surface area (Å²) in [7, 11) is 1.66. The van der Waals surface area contributed by atoms with E-state index in [1.807, 2.05) is 6.07 Å². The van der Waals surface area contributed by atoms with Crippen LogP contribution in [-0.2, 0) is 16.1 Å².